The highest BCUT2D eigenvalue weighted by Gasteiger charge is 2.25. The van der Waals surface area contributed by atoms with Crippen molar-refractivity contribution in [2.45, 2.75) is 0 Å². The van der Waals surface area contributed by atoms with Gasteiger partial charge in [0.05, 0.1) is 9.83 Å². The first kappa shape index (κ1) is 19.0. The number of carbonyl (C=O) groups excluding carboxylic acids is 3. The van der Waals surface area contributed by atoms with E-state index in [1.54, 1.807) is 18.2 Å². The minimum Gasteiger partial charge on any atom is -0.477 e. The summed E-state index contributed by atoms with van der Waals surface area (Å²) >= 11 is 0.704. The summed E-state index contributed by atoms with van der Waals surface area (Å²) < 4.78 is 5.25. The molecule has 3 rings (SSSR count). The fourth-order valence-corrected chi connectivity index (χ4v) is 2.90. The molecule has 1 saturated heterocycles. The van der Waals surface area contributed by atoms with Crippen LogP contribution in [0.25, 0.3) is 6.08 Å². The SMILES string of the molecule is O=C(COc1ccc(/C=C2\SC(=O)NC2=O)cc1[N+](=O)[O-])Nc1ccccn1. The standard InChI is InChI=1S/C17H12N4O6S/c22-15(19-14-3-1-2-6-18-14)9-27-12-5-4-10(7-11(12)21(25)26)8-13-16(23)20-17(24)28-13/h1-8H,9H2,(H,18,19,22)(H,20,23,24)/b13-8-. The van der Waals surface area contributed by atoms with Crippen molar-refractivity contribution in [3.63, 3.8) is 0 Å². The van der Waals surface area contributed by atoms with Crippen molar-refractivity contribution >= 4 is 46.4 Å². The maximum Gasteiger partial charge on any atom is 0.311 e. The van der Waals surface area contributed by atoms with Crippen LogP contribution in [0.2, 0.25) is 0 Å². The Morgan fingerprint density at radius 3 is 2.79 bits per heavy atom. The Bertz CT molecular complexity index is 992. The molecule has 0 spiro atoms. The van der Waals surface area contributed by atoms with Gasteiger partial charge < -0.3 is 10.1 Å². The molecule has 0 radical (unpaired) electrons. The van der Waals surface area contributed by atoms with Crippen LogP contribution in [0.3, 0.4) is 0 Å². The van der Waals surface area contributed by atoms with Crippen molar-refractivity contribution in [3.8, 4) is 5.75 Å². The number of nitro benzene ring substituents is 1. The maximum absolute atomic E-state index is 11.9. The molecule has 11 heteroatoms. The highest BCUT2D eigenvalue weighted by atomic mass is 32.2. The number of pyridine rings is 1. The van der Waals surface area contributed by atoms with Gasteiger partial charge in [0, 0.05) is 12.3 Å². The van der Waals surface area contributed by atoms with Crippen LogP contribution in [0, 0.1) is 10.1 Å². The summed E-state index contributed by atoms with van der Waals surface area (Å²) in [5, 5.41) is 15.4. The number of aromatic nitrogens is 1. The molecule has 28 heavy (non-hydrogen) atoms. The van der Waals surface area contributed by atoms with Gasteiger partial charge in [-0.25, -0.2) is 4.98 Å². The van der Waals surface area contributed by atoms with Gasteiger partial charge in [0.25, 0.3) is 17.1 Å². The summed E-state index contributed by atoms with van der Waals surface area (Å²) in [6.45, 7) is -0.454. The molecule has 1 aromatic heterocycles. The molecule has 0 aliphatic carbocycles. The third kappa shape index (κ3) is 4.71. The predicted molar refractivity (Wildman–Crippen MR) is 101 cm³/mol. The van der Waals surface area contributed by atoms with Crippen molar-refractivity contribution < 1.29 is 24.0 Å². The van der Waals surface area contributed by atoms with Crippen LogP contribution < -0.4 is 15.4 Å². The number of benzene rings is 1. The van der Waals surface area contributed by atoms with Gasteiger partial charge in [-0.1, -0.05) is 12.1 Å². The second-order valence-electron chi connectivity index (χ2n) is 5.39. The number of ether oxygens (including phenoxy) is 1. The first-order valence-corrected chi connectivity index (χ1v) is 8.61. The van der Waals surface area contributed by atoms with Crippen LogP contribution in [0.5, 0.6) is 5.75 Å². The number of anilines is 1. The number of amides is 3. The normalized spacial score (nSPS) is 14.6. The van der Waals surface area contributed by atoms with Gasteiger partial charge in [0.15, 0.2) is 12.4 Å². The predicted octanol–water partition coefficient (Wildman–Crippen LogP) is 2.33. The van der Waals surface area contributed by atoms with Gasteiger partial charge in [-0.3, -0.25) is 29.8 Å². The van der Waals surface area contributed by atoms with E-state index in [2.05, 4.69) is 15.6 Å². The fraction of sp³-hybridized carbons (Fsp3) is 0.0588. The van der Waals surface area contributed by atoms with Crippen LogP contribution >= 0.6 is 11.8 Å². The lowest BCUT2D eigenvalue weighted by Crippen LogP contribution is -2.21. The monoisotopic (exact) mass is 400 g/mol. The molecule has 0 atom stereocenters. The summed E-state index contributed by atoms with van der Waals surface area (Å²) in [4.78, 5) is 49.4. The van der Waals surface area contributed by atoms with E-state index in [0.29, 0.717) is 23.1 Å². The van der Waals surface area contributed by atoms with Crippen LogP contribution in [-0.4, -0.2) is 33.6 Å². The first-order chi connectivity index (χ1) is 13.4. The zero-order valence-electron chi connectivity index (χ0n) is 14.1. The van der Waals surface area contributed by atoms with E-state index in [0.717, 1.165) is 0 Å². The van der Waals surface area contributed by atoms with Crippen LogP contribution in [0.1, 0.15) is 5.56 Å². The minimum atomic E-state index is -0.666. The minimum absolute atomic E-state index is 0.108. The molecule has 0 unspecified atom stereocenters. The molecule has 0 bridgehead atoms. The van der Waals surface area contributed by atoms with Crippen molar-refractivity contribution in [2.24, 2.45) is 0 Å². The van der Waals surface area contributed by atoms with Crippen LogP contribution in [0.15, 0.2) is 47.5 Å². The van der Waals surface area contributed by atoms with Crippen LogP contribution in [0.4, 0.5) is 16.3 Å². The smallest absolute Gasteiger partial charge is 0.311 e. The molecular weight excluding hydrogens is 388 g/mol. The van der Waals surface area contributed by atoms with E-state index in [-0.39, 0.29) is 16.3 Å². The third-order valence-electron chi connectivity index (χ3n) is 3.41. The Balaban J connectivity index is 1.72. The molecule has 3 amide bonds. The number of nitro groups is 1. The third-order valence-corrected chi connectivity index (χ3v) is 4.22. The van der Waals surface area contributed by atoms with E-state index in [1.807, 2.05) is 0 Å². The number of nitrogens with zero attached hydrogens (tertiary/aromatic N) is 2. The number of imide groups is 1. The largest absolute Gasteiger partial charge is 0.477 e. The van der Waals surface area contributed by atoms with E-state index in [1.165, 1.54) is 30.5 Å². The van der Waals surface area contributed by atoms with E-state index < -0.39 is 28.6 Å². The van der Waals surface area contributed by atoms with Gasteiger partial charge in [0.1, 0.15) is 5.82 Å². The summed E-state index contributed by atoms with van der Waals surface area (Å²) in [6, 6.07) is 8.95. The van der Waals surface area contributed by atoms with Gasteiger partial charge in [0.2, 0.25) is 0 Å². The topological polar surface area (TPSA) is 141 Å². The Labute approximate surface area is 162 Å². The molecule has 2 N–H and O–H groups in total. The molecule has 2 aromatic rings. The highest BCUT2D eigenvalue weighted by molar-refractivity contribution is 8.18. The summed E-state index contributed by atoms with van der Waals surface area (Å²) in [5.74, 6) is -0.877. The Kier molecular flexibility index (Phi) is 5.65. The Morgan fingerprint density at radius 1 is 1.32 bits per heavy atom. The zero-order chi connectivity index (χ0) is 20.1. The van der Waals surface area contributed by atoms with Crippen molar-refractivity contribution in [1.82, 2.24) is 10.3 Å². The summed E-state index contributed by atoms with van der Waals surface area (Å²) in [6.07, 6.45) is 2.86. The number of nitrogens with one attached hydrogen (secondary N) is 2. The summed E-state index contributed by atoms with van der Waals surface area (Å²) in [7, 11) is 0. The van der Waals surface area contributed by atoms with E-state index in [4.69, 9.17) is 4.74 Å². The number of carbonyl (C=O) groups is 3. The molecule has 0 saturated carbocycles. The molecule has 142 valence electrons. The molecule has 2 heterocycles. The van der Waals surface area contributed by atoms with Gasteiger partial charge >= 0.3 is 5.69 Å². The Hall–Kier alpha value is -3.73. The van der Waals surface area contributed by atoms with Crippen molar-refractivity contribution in [2.75, 3.05) is 11.9 Å². The van der Waals surface area contributed by atoms with Gasteiger partial charge in [-0.2, -0.15) is 0 Å². The molecule has 1 aliphatic heterocycles. The van der Waals surface area contributed by atoms with Crippen LogP contribution in [-0.2, 0) is 9.59 Å². The molecule has 10 nitrogen and oxygen atoms in total. The molecule has 1 aromatic carbocycles. The quantitative estimate of drug-likeness (QED) is 0.428. The van der Waals surface area contributed by atoms with E-state index >= 15 is 0 Å². The first-order valence-electron chi connectivity index (χ1n) is 7.79. The molecule has 1 fully saturated rings. The second-order valence-corrected chi connectivity index (χ2v) is 6.40. The van der Waals surface area contributed by atoms with Crippen molar-refractivity contribution in [1.29, 1.82) is 0 Å². The maximum atomic E-state index is 11.9. The van der Waals surface area contributed by atoms with Gasteiger partial charge in [-0.15, -0.1) is 0 Å². The lowest BCUT2D eigenvalue weighted by molar-refractivity contribution is -0.385. The molecule has 1 aliphatic rings. The number of hydrogen-bond donors (Lipinski definition) is 2. The number of thioether (sulfide) groups is 1. The van der Waals surface area contributed by atoms with E-state index in [9.17, 15) is 24.5 Å². The van der Waals surface area contributed by atoms with Gasteiger partial charge in [-0.05, 0) is 41.6 Å². The lowest BCUT2D eigenvalue weighted by atomic mass is 10.1. The second kappa shape index (κ2) is 8.31. The Morgan fingerprint density at radius 2 is 2.14 bits per heavy atom. The fourth-order valence-electron chi connectivity index (χ4n) is 2.22. The average Bonchev–Trinajstić information content (AvgIpc) is 2.98. The number of rotatable bonds is 6. The average molecular weight is 400 g/mol. The molecular formula is C17H12N4O6S. The zero-order valence-corrected chi connectivity index (χ0v) is 14.9. The highest BCUT2D eigenvalue weighted by Crippen LogP contribution is 2.31. The van der Waals surface area contributed by atoms with Crippen molar-refractivity contribution in [3.05, 3.63) is 63.2 Å². The lowest BCUT2D eigenvalue weighted by Gasteiger charge is -2.08. The summed E-state index contributed by atoms with van der Waals surface area (Å²) in [5.41, 5.74) is -0.0425. The number of hydrogen-bond acceptors (Lipinski definition) is 8.